The molecule has 0 radical (unpaired) electrons. The number of carbonyl (C=O) groups is 2. The highest BCUT2D eigenvalue weighted by atomic mass is 32.1. The molecule has 1 aromatic rings. The van der Waals surface area contributed by atoms with Crippen LogP contribution in [0, 0.1) is 0 Å². The molecule has 1 aromatic heterocycles. The Hall–Kier alpha value is -1.63. The second-order valence-electron chi connectivity index (χ2n) is 5.68. The van der Waals surface area contributed by atoms with E-state index in [4.69, 9.17) is 11.5 Å². The van der Waals surface area contributed by atoms with Crippen molar-refractivity contribution in [1.29, 1.82) is 0 Å². The van der Waals surface area contributed by atoms with E-state index >= 15 is 0 Å². The van der Waals surface area contributed by atoms with Crippen LogP contribution in [0.5, 0.6) is 0 Å². The van der Waals surface area contributed by atoms with Crippen LogP contribution >= 0.6 is 11.3 Å². The summed E-state index contributed by atoms with van der Waals surface area (Å²) < 4.78 is 0. The summed E-state index contributed by atoms with van der Waals surface area (Å²) in [5, 5.41) is 2.79. The maximum absolute atomic E-state index is 10.9. The lowest BCUT2D eigenvalue weighted by molar-refractivity contribution is -0.118. The summed E-state index contributed by atoms with van der Waals surface area (Å²) in [6, 6.07) is 0. The molecular weight excluding hydrogens is 276 g/mol. The van der Waals surface area contributed by atoms with Crippen molar-refractivity contribution in [3.05, 3.63) is 11.1 Å². The van der Waals surface area contributed by atoms with E-state index in [1.165, 1.54) is 11.3 Å². The van der Waals surface area contributed by atoms with Crippen molar-refractivity contribution < 1.29 is 9.59 Å². The summed E-state index contributed by atoms with van der Waals surface area (Å²) >= 11 is 1.50. The molecule has 112 valence electrons. The monoisotopic (exact) mass is 298 g/mol. The number of hydrogen-bond acceptors (Lipinski definition) is 5. The van der Waals surface area contributed by atoms with Crippen LogP contribution in [0.25, 0.3) is 0 Å². The fraction of sp³-hybridized carbons (Fsp3) is 0.615. The smallest absolute Gasteiger partial charge is 0.219 e. The van der Waals surface area contributed by atoms with Gasteiger partial charge in [0.15, 0.2) is 5.13 Å². The molecule has 0 saturated heterocycles. The minimum atomic E-state index is -0.373. The maximum Gasteiger partial charge on any atom is 0.219 e. The van der Waals surface area contributed by atoms with Crippen LogP contribution < -0.4 is 16.4 Å². The van der Waals surface area contributed by atoms with E-state index in [9.17, 15) is 9.59 Å². The highest BCUT2D eigenvalue weighted by Gasteiger charge is 2.20. The molecule has 0 saturated carbocycles. The summed E-state index contributed by atoms with van der Waals surface area (Å²) in [4.78, 5) is 28.3. The predicted molar refractivity (Wildman–Crippen MR) is 80.6 cm³/mol. The number of amides is 2. The zero-order valence-electron chi connectivity index (χ0n) is 12.2. The van der Waals surface area contributed by atoms with Gasteiger partial charge in [0.05, 0.1) is 5.69 Å². The molecule has 2 amide bonds. The van der Waals surface area contributed by atoms with Crippen LogP contribution in [-0.2, 0) is 15.0 Å². The molecule has 6 nitrogen and oxygen atoms in total. The quantitative estimate of drug-likeness (QED) is 0.783. The van der Waals surface area contributed by atoms with E-state index in [2.05, 4.69) is 25.8 Å². The topological polar surface area (TPSA) is 102 Å². The third kappa shape index (κ3) is 5.16. The Labute approximate surface area is 123 Å². The second kappa shape index (κ2) is 6.69. The first-order valence-corrected chi connectivity index (χ1v) is 7.35. The number of carbonyl (C=O) groups excluding carboxylic acids is 2. The van der Waals surface area contributed by atoms with E-state index in [0.29, 0.717) is 13.1 Å². The van der Waals surface area contributed by atoms with Crippen LogP contribution in [0.15, 0.2) is 5.38 Å². The molecule has 0 fully saturated rings. The molecule has 1 rings (SSSR count). The summed E-state index contributed by atoms with van der Waals surface area (Å²) in [6.45, 7) is 7.15. The molecule has 20 heavy (non-hydrogen) atoms. The van der Waals surface area contributed by atoms with Gasteiger partial charge in [0, 0.05) is 36.7 Å². The fourth-order valence-corrected chi connectivity index (χ4v) is 2.65. The molecule has 7 heteroatoms. The van der Waals surface area contributed by atoms with Crippen LogP contribution in [0.2, 0.25) is 0 Å². The summed E-state index contributed by atoms with van der Waals surface area (Å²) in [7, 11) is 0. The van der Waals surface area contributed by atoms with E-state index < -0.39 is 0 Å². The number of primary amides is 2. The Kier molecular flexibility index (Phi) is 5.50. The SMILES string of the molecule is CC(C)(C)c1csc(N(CCC(N)=O)CCC(N)=O)n1. The summed E-state index contributed by atoms with van der Waals surface area (Å²) in [5.74, 6) is -0.747. The average molecular weight is 298 g/mol. The first-order chi connectivity index (χ1) is 9.20. The zero-order valence-corrected chi connectivity index (χ0v) is 13.0. The van der Waals surface area contributed by atoms with E-state index in [0.717, 1.165) is 10.8 Å². The van der Waals surface area contributed by atoms with E-state index in [-0.39, 0.29) is 30.1 Å². The van der Waals surface area contributed by atoms with Crippen LogP contribution in [0.4, 0.5) is 5.13 Å². The van der Waals surface area contributed by atoms with Crippen molar-refractivity contribution in [1.82, 2.24) is 4.98 Å². The van der Waals surface area contributed by atoms with Gasteiger partial charge in [0.2, 0.25) is 11.8 Å². The average Bonchev–Trinajstić information content (AvgIpc) is 2.77. The lowest BCUT2D eigenvalue weighted by atomic mass is 9.93. The molecule has 0 spiro atoms. The molecule has 0 bridgehead atoms. The third-order valence-corrected chi connectivity index (χ3v) is 3.69. The number of thiazole rings is 1. The highest BCUT2D eigenvalue weighted by molar-refractivity contribution is 7.13. The Morgan fingerprint density at radius 1 is 1.20 bits per heavy atom. The number of nitrogens with zero attached hydrogens (tertiary/aromatic N) is 2. The van der Waals surface area contributed by atoms with Gasteiger partial charge in [-0.2, -0.15) is 0 Å². The van der Waals surface area contributed by atoms with Gasteiger partial charge in [0.25, 0.3) is 0 Å². The van der Waals surface area contributed by atoms with Gasteiger partial charge < -0.3 is 16.4 Å². The number of hydrogen-bond donors (Lipinski definition) is 2. The molecule has 4 N–H and O–H groups in total. The van der Waals surface area contributed by atoms with Gasteiger partial charge >= 0.3 is 0 Å². The van der Waals surface area contributed by atoms with Crippen molar-refractivity contribution in [2.24, 2.45) is 11.5 Å². The highest BCUT2D eigenvalue weighted by Crippen LogP contribution is 2.28. The van der Waals surface area contributed by atoms with Crippen molar-refractivity contribution in [2.75, 3.05) is 18.0 Å². The zero-order chi connectivity index (χ0) is 15.3. The molecule has 0 aliphatic heterocycles. The normalized spacial score (nSPS) is 11.3. The van der Waals surface area contributed by atoms with Crippen LogP contribution in [0.3, 0.4) is 0 Å². The second-order valence-corrected chi connectivity index (χ2v) is 6.52. The molecule has 0 atom stereocenters. The first-order valence-electron chi connectivity index (χ1n) is 6.47. The number of rotatable bonds is 7. The maximum atomic E-state index is 10.9. The lowest BCUT2D eigenvalue weighted by Gasteiger charge is -2.21. The number of nitrogens with two attached hydrogens (primary N) is 2. The summed E-state index contributed by atoms with van der Waals surface area (Å²) in [6.07, 6.45) is 0.451. The Morgan fingerprint density at radius 3 is 2.05 bits per heavy atom. The fourth-order valence-electron chi connectivity index (χ4n) is 1.55. The predicted octanol–water partition coefficient (Wildman–Crippen LogP) is 0.998. The van der Waals surface area contributed by atoms with Crippen molar-refractivity contribution >= 4 is 28.3 Å². The van der Waals surface area contributed by atoms with Gasteiger partial charge in [0.1, 0.15) is 0 Å². The lowest BCUT2D eigenvalue weighted by Crippen LogP contribution is -2.31. The Morgan fingerprint density at radius 2 is 1.70 bits per heavy atom. The van der Waals surface area contributed by atoms with Gasteiger partial charge in [-0.15, -0.1) is 11.3 Å². The third-order valence-electron chi connectivity index (χ3n) is 2.79. The van der Waals surface area contributed by atoms with Gasteiger partial charge in [-0.05, 0) is 0 Å². The van der Waals surface area contributed by atoms with Crippen molar-refractivity contribution in [3.63, 3.8) is 0 Å². The minimum Gasteiger partial charge on any atom is -0.370 e. The van der Waals surface area contributed by atoms with Crippen LogP contribution in [0.1, 0.15) is 39.3 Å². The van der Waals surface area contributed by atoms with Crippen molar-refractivity contribution in [2.45, 2.75) is 39.0 Å². The Balaban J connectivity index is 2.82. The van der Waals surface area contributed by atoms with Gasteiger partial charge in [-0.3, -0.25) is 9.59 Å². The summed E-state index contributed by atoms with van der Waals surface area (Å²) in [5.41, 5.74) is 11.3. The molecule has 1 heterocycles. The Bertz CT molecular complexity index is 461. The molecule has 0 aliphatic rings. The van der Waals surface area contributed by atoms with Gasteiger partial charge in [-0.25, -0.2) is 4.98 Å². The largest absolute Gasteiger partial charge is 0.370 e. The van der Waals surface area contributed by atoms with E-state index in [1.54, 1.807) is 0 Å². The number of aromatic nitrogens is 1. The first kappa shape index (κ1) is 16.4. The van der Waals surface area contributed by atoms with E-state index in [1.807, 2.05) is 10.3 Å². The molecule has 0 unspecified atom stereocenters. The molecular formula is C13H22N4O2S. The van der Waals surface area contributed by atoms with Gasteiger partial charge in [-0.1, -0.05) is 20.8 Å². The number of anilines is 1. The molecule has 0 aromatic carbocycles. The molecule has 0 aliphatic carbocycles. The van der Waals surface area contributed by atoms with Crippen LogP contribution in [-0.4, -0.2) is 29.9 Å². The standard InChI is InChI=1S/C13H22N4O2S/c1-13(2,3)9-8-20-12(16-9)17(6-4-10(14)18)7-5-11(15)19/h8H,4-7H2,1-3H3,(H2,14,18)(H2,15,19). The van der Waals surface area contributed by atoms with Crippen molar-refractivity contribution in [3.8, 4) is 0 Å². The minimum absolute atomic E-state index is 0.0339.